The van der Waals surface area contributed by atoms with Crippen molar-refractivity contribution in [1.82, 2.24) is 19.8 Å². The van der Waals surface area contributed by atoms with Crippen LogP contribution in [0.5, 0.6) is 5.75 Å². The average molecular weight is 394 g/mol. The summed E-state index contributed by atoms with van der Waals surface area (Å²) in [6.45, 7) is 3.82. The standard InChI is InChI=1S/C22H26N4O3/c1-2-19(27)26-10-7-16-20(24-14-23-16)22(26)8-11-25(12-9-22)21(28)18-13-15-5-3-4-6-17(15)29-18/h3-6,14,18H,2,7-13H2,1H3,(H,23,24). The summed E-state index contributed by atoms with van der Waals surface area (Å²) >= 11 is 0. The predicted octanol–water partition coefficient (Wildman–Crippen LogP) is 2.03. The minimum Gasteiger partial charge on any atom is -0.480 e. The van der Waals surface area contributed by atoms with E-state index >= 15 is 0 Å². The van der Waals surface area contributed by atoms with E-state index in [0.29, 0.717) is 45.3 Å². The van der Waals surface area contributed by atoms with Crippen LogP contribution in [-0.2, 0) is 28.0 Å². The van der Waals surface area contributed by atoms with Crippen molar-refractivity contribution in [2.75, 3.05) is 19.6 Å². The fourth-order valence-corrected chi connectivity index (χ4v) is 5.16. The van der Waals surface area contributed by atoms with E-state index in [9.17, 15) is 9.59 Å². The average Bonchev–Trinajstić information content (AvgIpc) is 3.41. The number of amides is 2. The topological polar surface area (TPSA) is 78.5 Å². The quantitative estimate of drug-likeness (QED) is 0.845. The molecule has 1 spiro atoms. The summed E-state index contributed by atoms with van der Waals surface area (Å²) in [6, 6.07) is 7.84. The van der Waals surface area contributed by atoms with E-state index in [-0.39, 0.29) is 11.8 Å². The van der Waals surface area contributed by atoms with Gasteiger partial charge in [-0.25, -0.2) is 4.98 Å². The lowest BCUT2D eigenvalue weighted by atomic mass is 9.78. The van der Waals surface area contributed by atoms with Gasteiger partial charge in [-0.1, -0.05) is 25.1 Å². The van der Waals surface area contributed by atoms with Crippen molar-refractivity contribution in [3.63, 3.8) is 0 Å². The third-order valence-corrected chi connectivity index (χ3v) is 6.69. The molecule has 1 unspecified atom stereocenters. The smallest absolute Gasteiger partial charge is 0.263 e. The number of nitrogens with zero attached hydrogens (tertiary/aromatic N) is 3. The SMILES string of the molecule is CCC(=O)N1CCc2[nH]cnc2C12CCN(C(=O)C1Cc3ccccc3O1)CC2. The van der Waals surface area contributed by atoms with Crippen molar-refractivity contribution in [2.45, 2.75) is 50.7 Å². The van der Waals surface area contributed by atoms with Gasteiger partial charge in [0.25, 0.3) is 5.91 Å². The van der Waals surface area contributed by atoms with E-state index in [4.69, 9.17) is 4.74 Å². The lowest BCUT2D eigenvalue weighted by molar-refractivity contribution is -0.146. The molecule has 3 aliphatic rings. The van der Waals surface area contributed by atoms with Crippen LogP contribution in [0.25, 0.3) is 0 Å². The first-order chi connectivity index (χ1) is 14.1. The highest BCUT2D eigenvalue weighted by Crippen LogP contribution is 2.43. The van der Waals surface area contributed by atoms with Gasteiger partial charge in [0.1, 0.15) is 5.75 Å². The van der Waals surface area contributed by atoms with Gasteiger partial charge in [-0.2, -0.15) is 0 Å². The van der Waals surface area contributed by atoms with Gasteiger partial charge in [0.2, 0.25) is 5.91 Å². The number of likely N-dealkylation sites (tertiary alicyclic amines) is 1. The first kappa shape index (κ1) is 18.2. The molecule has 0 aliphatic carbocycles. The number of carbonyl (C=O) groups excluding carboxylic acids is 2. The zero-order chi connectivity index (χ0) is 20.0. The van der Waals surface area contributed by atoms with Crippen molar-refractivity contribution < 1.29 is 14.3 Å². The van der Waals surface area contributed by atoms with Crippen molar-refractivity contribution in [2.24, 2.45) is 0 Å². The van der Waals surface area contributed by atoms with Crippen LogP contribution in [0.15, 0.2) is 30.6 Å². The third kappa shape index (κ3) is 2.82. The molecule has 7 heteroatoms. The summed E-state index contributed by atoms with van der Waals surface area (Å²) in [7, 11) is 0. The normalized spacial score (nSPS) is 22.2. The molecule has 0 radical (unpaired) electrons. The Morgan fingerprint density at radius 3 is 2.79 bits per heavy atom. The number of rotatable bonds is 2. The fourth-order valence-electron chi connectivity index (χ4n) is 5.16. The molecule has 2 amide bonds. The largest absolute Gasteiger partial charge is 0.480 e. The molecule has 7 nitrogen and oxygen atoms in total. The van der Waals surface area contributed by atoms with Crippen LogP contribution in [0, 0.1) is 0 Å². The number of ether oxygens (including phenoxy) is 1. The number of aromatic nitrogens is 2. The monoisotopic (exact) mass is 394 g/mol. The molecule has 1 aromatic heterocycles. The van der Waals surface area contributed by atoms with Crippen LogP contribution in [0.1, 0.15) is 43.1 Å². The summed E-state index contributed by atoms with van der Waals surface area (Å²) in [4.78, 5) is 37.6. The number of aromatic amines is 1. The van der Waals surface area contributed by atoms with Crippen LogP contribution in [-0.4, -0.2) is 57.3 Å². The van der Waals surface area contributed by atoms with Crippen molar-refractivity contribution in [1.29, 1.82) is 0 Å². The number of carbonyl (C=O) groups is 2. The molecule has 1 N–H and O–H groups in total. The summed E-state index contributed by atoms with van der Waals surface area (Å²) in [5.41, 5.74) is 2.80. The summed E-state index contributed by atoms with van der Waals surface area (Å²) < 4.78 is 5.91. The molecule has 3 aliphatic heterocycles. The molecule has 152 valence electrons. The van der Waals surface area contributed by atoms with Crippen LogP contribution in [0.4, 0.5) is 0 Å². The van der Waals surface area contributed by atoms with Gasteiger partial charge in [0.05, 0.1) is 17.6 Å². The molecule has 1 saturated heterocycles. The summed E-state index contributed by atoms with van der Waals surface area (Å²) in [5, 5.41) is 0. The van der Waals surface area contributed by atoms with Gasteiger partial charge in [0.15, 0.2) is 6.10 Å². The van der Waals surface area contributed by atoms with Crippen LogP contribution in [0.3, 0.4) is 0 Å². The van der Waals surface area contributed by atoms with E-state index in [1.807, 2.05) is 41.0 Å². The molecule has 4 heterocycles. The Hall–Kier alpha value is -2.83. The molecule has 5 rings (SSSR count). The van der Waals surface area contributed by atoms with Gasteiger partial charge in [0, 0.05) is 44.6 Å². The highest BCUT2D eigenvalue weighted by atomic mass is 16.5. The third-order valence-electron chi connectivity index (χ3n) is 6.69. The number of para-hydroxylation sites is 1. The van der Waals surface area contributed by atoms with E-state index < -0.39 is 11.6 Å². The highest BCUT2D eigenvalue weighted by Gasteiger charge is 2.49. The number of hydrogen-bond donors (Lipinski definition) is 1. The molecule has 1 fully saturated rings. The predicted molar refractivity (Wildman–Crippen MR) is 106 cm³/mol. The van der Waals surface area contributed by atoms with Gasteiger partial charge in [-0.05, 0) is 24.5 Å². The first-order valence-corrected chi connectivity index (χ1v) is 10.5. The molecule has 1 aromatic carbocycles. The molecule has 29 heavy (non-hydrogen) atoms. The molecule has 2 aromatic rings. The van der Waals surface area contributed by atoms with Crippen molar-refractivity contribution in [3.8, 4) is 5.75 Å². The Kier molecular flexibility index (Phi) is 4.33. The Balaban J connectivity index is 1.34. The van der Waals surface area contributed by atoms with Gasteiger partial charge in [-0.3, -0.25) is 9.59 Å². The number of fused-ring (bicyclic) bond motifs is 3. The van der Waals surface area contributed by atoms with Crippen LogP contribution in [0.2, 0.25) is 0 Å². The van der Waals surface area contributed by atoms with Crippen LogP contribution < -0.4 is 4.74 Å². The second kappa shape index (κ2) is 6.90. The second-order valence-electron chi connectivity index (χ2n) is 8.15. The Bertz CT molecular complexity index is 920. The Labute approximate surface area is 170 Å². The number of imidazole rings is 1. The molecule has 1 atom stereocenters. The summed E-state index contributed by atoms with van der Waals surface area (Å²) in [5.74, 6) is 1.02. The number of hydrogen-bond acceptors (Lipinski definition) is 4. The van der Waals surface area contributed by atoms with Crippen molar-refractivity contribution in [3.05, 3.63) is 47.5 Å². The number of nitrogens with one attached hydrogen (secondary N) is 1. The lowest BCUT2D eigenvalue weighted by Gasteiger charge is -2.50. The van der Waals surface area contributed by atoms with Gasteiger partial charge in [-0.15, -0.1) is 0 Å². The fraction of sp³-hybridized carbons (Fsp3) is 0.500. The van der Waals surface area contributed by atoms with E-state index in [0.717, 1.165) is 29.1 Å². The van der Waals surface area contributed by atoms with Gasteiger partial charge < -0.3 is 19.5 Å². The van der Waals surface area contributed by atoms with E-state index in [1.54, 1.807) is 6.33 Å². The maximum absolute atomic E-state index is 13.1. The second-order valence-corrected chi connectivity index (χ2v) is 8.15. The van der Waals surface area contributed by atoms with E-state index in [1.165, 1.54) is 0 Å². The molecule has 0 bridgehead atoms. The number of H-pyrrole nitrogens is 1. The zero-order valence-electron chi connectivity index (χ0n) is 16.7. The lowest BCUT2D eigenvalue weighted by Crippen LogP contribution is -2.59. The minimum absolute atomic E-state index is 0.0440. The maximum atomic E-state index is 13.1. The minimum atomic E-state index is -0.442. The Morgan fingerprint density at radius 1 is 1.24 bits per heavy atom. The number of piperidine rings is 1. The molecule has 0 saturated carbocycles. The summed E-state index contributed by atoms with van der Waals surface area (Å²) in [6.07, 6.45) is 4.62. The van der Waals surface area contributed by atoms with E-state index in [2.05, 4.69) is 9.97 Å². The number of benzene rings is 1. The molecular formula is C22H26N4O3. The molecular weight excluding hydrogens is 368 g/mol. The van der Waals surface area contributed by atoms with Gasteiger partial charge >= 0.3 is 0 Å². The highest BCUT2D eigenvalue weighted by molar-refractivity contribution is 5.83. The van der Waals surface area contributed by atoms with Crippen LogP contribution >= 0.6 is 0 Å². The first-order valence-electron chi connectivity index (χ1n) is 10.5. The zero-order valence-corrected chi connectivity index (χ0v) is 16.7. The van der Waals surface area contributed by atoms with Crippen molar-refractivity contribution >= 4 is 11.8 Å². The maximum Gasteiger partial charge on any atom is 0.263 e. The Morgan fingerprint density at radius 2 is 2.03 bits per heavy atom.